The lowest BCUT2D eigenvalue weighted by molar-refractivity contribution is -0.139. The van der Waals surface area contributed by atoms with Gasteiger partial charge in [0.25, 0.3) is 11.7 Å². The first-order valence-electron chi connectivity index (χ1n) is 9.94. The number of pyridine rings is 1. The van der Waals surface area contributed by atoms with Gasteiger partial charge in [0.2, 0.25) is 0 Å². The summed E-state index contributed by atoms with van der Waals surface area (Å²) in [6.07, 6.45) is 5.93. The van der Waals surface area contributed by atoms with Crippen LogP contribution in [0.5, 0.6) is 11.5 Å². The van der Waals surface area contributed by atoms with E-state index in [0.717, 1.165) is 19.3 Å². The van der Waals surface area contributed by atoms with Crippen LogP contribution in [0.3, 0.4) is 0 Å². The Kier molecular flexibility index (Phi) is 6.72. The SMILES string of the molecule is CCCCCN1C(=O)C(=O)/C(=C(/O)c2cc(OC)ccc2OC)C1c1cccnc1. The van der Waals surface area contributed by atoms with E-state index in [2.05, 4.69) is 11.9 Å². The maximum Gasteiger partial charge on any atom is 0.295 e. The van der Waals surface area contributed by atoms with Gasteiger partial charge in [-0.15, -0.1) is 0 Å². The van der Waals surface area contributed by atoms with E-state index in [4.69, 9.17) is 9.47 Å². The summed E-state index contributed by atoms with van der Waals surface area (Å²) in [5, 5.41) is 11.2. The number of aliphatic hydroxyl groups excluding tert-OH is 1. The van der Waals surface area contributed by atoms with E-state index in [1.54, 1.807) is 42.7 Å². The molecule has 3 rings (SSSR count). The van der Waals surface area contributed by atoms with Crippen LogP contribution in [0, 0.1) is 0 Å². The van der Waals surface area contributed by atoms with Crippen molar-refractivity contribution in [1.82, 2.24) is 9.88 Å². The largest absolute Gasteiger partial charge is 0.507 e. The minimum Gasteiger partial charge on any atom is -0.507 e. The topological polar surface area (TPSA) is 89.0 Å². The van der Waals surface area contributed by atoms with Crippen LogP contribution >= 0.6 is 0 Å². The van der Waals surface area contributed by atoms with Crippen molar-refractivity contribution in [2.45, 2.75) is 32.2 Å². The summed E-state index contributed by atoms with van der Waals surface area (Å²) in [4.78, 5) is 31.5. The second kappa shape index (κ2) is 9.43. The molecule has 1 saturated heterocycles. The molecule has 1 atom stereocenters. The number of carbonyl (C=O) groups excluding carboxylic acids is 2. The van der Waals surface area contributed by atoms with Gasteiger partial charge >= 0.3 is 0 Å². The Morgan fingerprint density at radius 2 is 1.97 bits per heavy atom. The van der Waals surface area contributed by atoms with Crippen molar-refractivity contribution in [1.29, 1.82) is 0 Å². The average molecular weight is 410 g/mol. The molecule has 1 aliphatic heterocycles. The third-order valence-corrected chi connectivity index (χ3v) is 5.20. The van der Waals surface area contributed by atoms with Gasteiger partial charge in [0.15, 0.2) is 0 Å². The molecule has 1 aromatic heterocycles. The number of Topliss-reactive ketones (excluding diaryl/α,β-unsaturated/α-hetero) is 1. The lowest BCUT2D eigenvalue weighted by Crippen LogP contribution is -2.30. The molecule has 2 aromatic rings. The zero-order chi connectivity index (χ0) is 21.7. The number of likely N-dealkylation sites (tertiary alicyclic amines) is 1. The summed E-state index contributed by atoms with van der Waals surface area (Å²) in [6.45, 7) is 2.49. The molecular weight excluding hydrogens is 384 g/mol. The monoisotopic (exact) mass is 410 g/mol. The molecule has 0 saturated carbocycles. The number of hydrogen-bond acceptors (Lipinski definition) is 6. The molecule has 158 valence electrons. The van der Waals surface area contributed by atoms with E-state index in [0.29, 0.717) is 23.6 Å². The van der Waals surface area contributed by atoms with E-state index in [-0.39, 0.29) is 16.9 Å². The Balaban J connectivity index is 2.17. The number of methoxy groups -OCH3 is 2. The molecule has 1 fully saturated rings. The highest BCUT2D eigenvalue weighted by atomic mass is 16.5. The van der Waals surface area contributed by atoms with E-state index in [9.17, 15) is 14.7 Å². The number of amides is 1. The zero-order valence-corrected chi connectivity index (χ0v) is 17.4. The molecule has 30 heavy (non-hydrogen) atoms. The number of carbonyl (C=O) groups is 2. The first-order valence-corrected chi connectivity index (χ1v) is 9.94. The first-order chi connectivity index (χ1) is 14.5. The maximum atomic E-state index is 13.0. The molecular formula is C23H26N2O5. The molecule has 1 aromatic carbocycles. The Bertz CT molecular complexity index is 955. The van der Waals surface area contributed by atoms with Gasteiger partial charge in [-0.1, -0.05) is 25.8 Å². The Morgan fingerprint density at radius 1 is 1.17 bits per heavy atom. The minimum absolute atomic E-state index is 0.0241. The number of rotatable bonds is 8. The molecule has 0 radical (unpaired) electrons. The number of unbranched alkanes of at least 4 members (excludes halogenated alkanes) is 2. The third kappa shape index (κ3) is 4.01. The fourth-order valence-corrected chi connectivity index (χ4v) is 3.67. The van der Waals surface area contributed by atoms with Crippen LogP contribution in [-0.2, 0) is 9.59 Å². The standard InChI is InChI=1S/C23H26N2O5/c1-4-5-6-12-25-20(15-8-7-11-24-14-15)19(22(27)23(25)28)21(26)17-13-16(29-2)9-10-18(17)30-3/h7-11,13-14,20,26H,4-6,12H2,1-3H3/b21-19+. The first kappa shape index (κ1) is 21.4. The number of nitrogens with zero attached hydrogens (tertiary/aromatic N) is 2. The molecule has 1 N–H and O–H groups in total. The quantitative estimate of drug-likeness (QED) is 0.309. The number of aromatic nitrogens is 1. The van der Waals surface area contributed by atoms with Crippen LogP contribution in [0.4, 0.5) is 0 Å². The van der Waals surface area contributed by atoms with Gasteiger partial charge < -0.3 is 19.5 Å². The zero-order valence-electron chi connectivity index (χ0n) is 17.4. The molecule has 1 unspecified atom stereocenters. The van der Waals surface area contributed by atoms with Gasteiger partial charge in [0.05, 0.1) is 31.4 Å². The van der Waals surface area contributed by atoms with Crippen molar-refractivity contribution in [2.75, 3.05) is 20.8 Å². The maximum absolute atomic E-state index is 13.0. The second-order valence-corrected chi connectivity index (χ2v) is 7.05. The molecule has 1 amide bonds. The van der Waals surface area contributed by atoms with Crippen LogP contribution in [0.2, 0.25) is 0 Å². The number of aliphatic hydroxyl groups is 1. The lowest BCUT2D eigenvalue weighted by atomic mass is 9.95. The van der Waals surface area contributed by atoms with Gasteiger partial charge in [-0.05, 0) is 36.2 Å². The average Bonchev–Trinajstić information content (AvgIpc) is 3.04. The molecule has 0 spiro atoms. The van der Waals surface area contributed by atoms with Crippen LogP contribution in [0.1, 0.15) is 43.4 Å². The fraction of sp³-hybridized carbons (Fsp3) is 0.348. The summed E-state index contributed by atoms with van der Waals surface area (Å²) >= 11 is 0. The Labute approximate surface area is 175 Å². The van der Waals surface area contributed by atoms with Crippen LogP contribution in [0.25, 0.3) is 5.76 Å². The van der Waals surface area contributed by atoms with Gasteiger partial charge in [0.1, 0.15) is 17.3 Å². The summed E-state index contributed by atoms with van der Waals surface area (Å²) in [6, 6.07) is 7.74. The lowest BCUT2D eigenvalue weighted by Gasteiger charge is -2.25. The van der Waals surface area contributed by atoms with Gasteiger partial charge in [-0.3, -0.25) is 14.6 Å². The minimum atomic E-state index is -0.720. The number of ketones is 1. The highest BCUT2D eigenvalue weighted by Gasteiger charge is 2.46. The van der Waals surface area contributed by atoms with E-state index in [1.165, 1.54) is 19.1 Å². The number of benzene rings is 1. The van der Waals surface area contributed by atoms with Crippen molar-refractivity contribution >= 4 is 17.4 Å². The highest BCUT2D eigenvalue weighted by Crippen LogP contribution is 2.41. The third-order valence-electron chi connectivity index (χ3n) is 5.20. The van der Waals surface area contributed by atoms with Crippen molar-refractivity contribution in [3.8, 4) is 11.5 Å². The summed E-state index contributed by atoms with van der Waals surface area (Å²) in [7, 11) is 2.98. The van der Waals surface area contributed by atoms with Crippen LogP contribution in [-0.4, -0.2) is 47.4 Å². The van der Waals surface area contributed by atoms with Crippen molar-refractivity contribution in [2.24, 2.45) is 0 Å². The van der Waals surface area contributed by atoms with Gasteiger partial charge in [-0.25, -0.2) is 0 Å². The Hall–Kier alpha value is -3.35. The predicted octanol–water partition coefficient (Wildman–Crippen LogP) is 3.71. The molecule has 0 bridgehead atoms. The normalized spacial score (nSPS) is 18.0. The van der Waals surface area contributed by atoms with Crippen molar-refractivity contribution < 1.29 is 24.2 Å². The van der Waals surface area contributed by atoms with E-state index < -0.39 is 17.7 Å². The summed E-state index contributed by atoms with van der Waals surface area (Å²) in [5.74, 6) is -0.773. The Morgan fingerprint density at radius 3 is 2.60 bits per heavy atom. The van der Waals surface area contributed by atoms with Crippen molar-refractivity contribution in [3.63, 3.8) is 0 Å². The summed E-state index contributed by atoms with van der Waals surface area (Å²) in [5.41, 5.74) is 0.977. The molecule has 0 aliphatic carbocycles. The number of hydrogen-bond donors (Lipinski definition) is 1. The van der Waals surface area contributed by atoms with E-state index >= 15 is 0 Å². The second-order valence-electron chi connectivity index (χ2n) is 7.05. The molecule has 7 heteroatoms. The molecule has 2 heterocycles. The predicted molar refractivity (Wildman–Crippen MR) is 112 cm³/mol. The van der Waals surface area contributed by atoms with Crippen molar-refractivity contribution in [3.05, 3.63) is 59.4 Å². The molecule has 7 nitrogen and oxygen atoms in total. The summed E-state index contributed by atoms with van der Waals surface area (Å²) < 4.78 is 10.6. The smallest absolute Gasteiger partial charge is 0.295 e. The number of ether oxygens (including phenoxy) is 2. The van der Waals surface area contributed by atoms with Crippen LogP contribution < -0.4 is 9.47 Å². The fourth-order valence-electron chi connectivity index (χ4n) is 3.67. The van der Waals surface area contributed by atoms with Crippen LogP contribution in [0.15, 0.2) is 48.3 Å². The highest BCUT2D eigenvalue weighted by molar-refractivity contribution is 6.46. The van der Waals surface area contributed by atoms with Gasteiger partial charge in [0, 0.05) is 18.9 Å². The van der Waals surface area contributed by atoms with E-state index in [1.807, 2.05) is 0 Å². The molecule has 1 aliphatic rings. The van der Waals surface area contributed by atoms with Gasteiger partial charge in [-0.2, -0.15) is 0 Å².